The number of hydrogen-bond donors (Lipinski definition) is 1. The van der Waals surface area contributed by atoms with E-state index in [2.05, 4.69) is 15.5 Å². The molecule has 7 nitrogen and oxygen atoms in total. The highest BCUT2D eigenvalue weighted by Crippen LogP contribution is 2.26. The average molecular weight is 374 g/mol. The number of aromatic nitrogens is 5. The largest absolute Gasteiger partial charge is 0.319 e. The predicted octanol–water partition coefficient (Wildman–Crippen LogP) is 3.90. The van der Waals surface area contributed by atoms with Gasteiger partial charge in [0.1, 0.15) is 0 Å². The van der Waals surface area contributed by atoms with E-state index >= 15 is 0 Å². The van der Waals surface area contributed by atoms with E-state index in [4.69, 9.17) is 4.98 Å². The van der Waals surface area contributed by atoms with Crippen LogP contribution in [0.4, 0.5) is 5.69 Å². The lowest BCUT2D eigenvalue weighted by atomic mass is 10.0. The van der Waals surface area contributed by atoms with E-state index in [0.29, 0.717) is 11.3 Å². The summed E-state index contributed by atoms with van der Waals surface area (Å²) >= 11 is 0. The Morgan fingerprint density at radius 3 is 2.64 bits per heavy atom. The Labute approximate surface area is 163 Å². The van der Waals surface area contributed by atoms with Gasteiger partial charge < -0.3 is 5.32 Å². The summed E-state index contributed by atoms with van der Waals surface area (Å²) in [4.78, 5) is 17.9. The van der Waals surface area contributed by atoms with E-state index in [1.165, 1.54) is 0 Å². The number of rotatable bonds is 5. The summed E-state index contributed by atoms with van der Waals surface area (Å²) < 4.78 is 3.69. The lowest BCUT2D eigenvalue weighted by Crippen LogP contribution is -2.14. The fourth-order valence-corrected chi connectivity index (χ4v) is 3.26. The molecule has 1 amide bonds. The number of para-hydroxylation sites is 1. The molecule has 7 heteroatoms. The Morgan fingerprint density at radius 1 is 1.11 bits per heavy atom. The van der Waals surface area contributed by atoms with Gasteiger partial charge in [-0.1, -0.05) is 18.2 Å². The molecular formula is C21H22N6O. The van der Waals surface area contributed by atoms with Gasteiger partial charge in [-0.3, -0.25) is 14.2 Å². The van der Waals surface area contributed by atoms with E-state index in [9.17, 15) is 4.79 Å². The SMILES string of the molecule is CCn1cc(-c2cc(C(=O)Nc3cnn(CC)c3C)c3ccccc3n2)cn1. The molecule has 0 bridgehead atoms. The first-order valence-electron chi connectivity index (χ1n) is 9.37. The summed E-state index contributed by atoms with van der Waals surface area (Å²) in [5.41, 5.74) is 4.61. The second-order valence-corrected chi connectivity index (χ2v) is 6.57. The molecule has 0 aliphatic heterocycles. The highest BCUT2D eigenvalue weighted by atomic mass is 16.1. The number of amides is 1. The number of fused-ring (bicyclic) bond motifs is 1. The number of anilines is 1. The van der Waals surface area contributed by atoms with E-state index in [0.717, 1.165) is 40.9 Å². The van der Waals surface area contributed by atoms with Crippen LogP contribution >= 0.6 is 0 Å². The zero-order valence-corrected chi connectivity index (χ0v) is 16.2. The Balaban J connectivity index is 1.78. The summed E-state index contributed by atoms with van der Waals surface area (Å²) in [6, 6.07) is 9.49. The number of nitrogens with one attached hydrogen (secondary N) is 1. The van der Waals surface area contributed by atoms with Crippen LogP contribution in [0.25, 0.3) is 22.2 Å². The summed E-state index contributed by atoms with van der Waals surface area (Å²) in [5.74, 6) is -0.179. The van der Waals surface area contributed by atoms with Crippen molar-refractivity contribution in [2.75, 3.05) is 5.32 Å². The summed E-state index contributed by atoms with van der Waals surface area (Å²) in [6.07, 6.45) is 5.40. The third-order valence-electron chi connectivity index (χ3n) is 4.86. The molecule has 0 fully saturated rings. The number of pyridine rings is 1. The fraction of sp³-hybridized carbons (Fsp3) is 0.238. The lowest BCUT2D eigenvalue weighted by Gasteiger charge is -2.10. The Bertz CT molecular complexity index is 1160. The van der Waals surface area contributed by atoms with Crippen molar-refractivity contribution in [2.24, 2.45) is 0 Å². The van der Waals surface area contributed by atoms with Crippen LogP contribution in [0.5, 0.6) is 0 Å². The first kappa shape index (κ1) is 17.9. The molecule has 3 aromatic heterocycles. The minimum absolute atomic E-state index is 0.179. The van der Waals surface area contributed by atoms with Crippen LogP contribution < -0.4 is 5.32 Å². The number of carbonyl (C=O) groups is 1. The Hall–Kier alpha value is -3.48. The zero-order chi connectivity index (χ0) is 19.7. The number of carbonyl (C=O) groups excluding carboxylic acids is 1. The average Bonchev–Trinajstić information content (AvgIpc) is 3.34. The summed E-state index contributed by atoms with van der Waals surface area (Å²) in [6.45, 7) is 7.53. The molecule has 4 aromatic rings. The van der Waals surface area contributed by atoms with Crippen molar-refractivity contribution in [3.05, 3.63) is 60.2 Å². The number of nitrogens with zero attached hydrogens (tertiary/aromatic N) is 5. The van der Waals surface area contributed by atoms with Crippen LogP contribution in [0.2, 0.25) is 0 Å². The van der Waals surface area contributed by atoms with Crippen LogP contribution in [0.15, 0.2) is 48.9 Å². The van der Waals surface area contributed by atoms with Gasteiger partial charge in [-0.05, 0) is 32.9 Å². The van der Waals surface area contributed by atoms with E-state index in [-0.39, 0.29) is 5.91 Å². The molecule has 0 saturated carbocycles. The summed E-state index contributed by atoms with van der Waals surface area (Å²) in [5, 5.41) is 12.4. The Kier molecular flexibility index (Phi) is 4.65. The standard InChI is InChI=1S/C21H22N6O/c1-4-26-13-15(11-22-26)19-10-17(16-8-6-7-9-18(16)24-19)21(28)25-20-12-23-27(5-2)14(20)3/h6-13H,4-5H2,1-3H3,(H,25,28). The smallest absolute Gasteiger partial charge is 0.256 e. The molecule has 3 heterocycles. The van der Waals surface area contributed by atoms with Gasteiger partial charge >= 0.3 is 0 Å². The van der Waals surface area contributed by atoms with Gasteiger partial charge in [0.05, 0.1) is 40.5 Å². The van der Waals surface area contributed by atoms with Gasteiger partial charge in [-0.15, -0.1) is 0 Å². The van der Waals surface area contributed by atoms with Crippen molar-refractivity contribution in [3.8, 4) is 11.3 Å². The van der Waals surface area contributed by atoms with Gasteiger partial charge in [0, 0.05) is 30.2 Å². The van der Waals surface area contributed by atoms with Crippen LogP contribution in [-0.2, 0) is 13.1 Å². The van der Waals surface area contributed by atoms with Crippen LogP contribution in [0, 0.1) is 6.92 Å². The second kappa shape index (κ2) is 7.26. The van der Waals surface area contributed by atoms with E-state index < -0.39 is 0 Å². The van der Waals surface area contributed by atoms with Crippen molar-refractivity contribution < 1.29 is 4.79 Å². The maximum Gasteiger partial charge on any atom is 0.256 e. The van der Waals surface area contributed by atoms with Gasteiger partial charge in [-0.2, -0.15) is 10.2 Å². The molecule has 0 aliphatic rings. The van der Waals surface area contributed by atoms with Crippen LogP contribution in [-0.4, -0.2) is 30.5 Å². The van der Waals surface area contributed by atoms with Gasteiger partial charge in [0.25, 0.3) is 5.91 Å². The van der Waals surface area contributed by atoms with Gasteiger partial charge in [0.2, 0.25) is 0 Å². The van der Waals surface area contributed by atoms with Crippen molar-refractivity contribution in [2.45, 2.75) is 33.9 Å². The van der Waals surface area contributed by atoms with E-state index in [1.54, 1.807) is 12.4 Å². The zero-order valence-electron chi connectivity index (χ0n) is 16.2. The maximum absolute atomic E-state index is 13.1. The molecule has 1 aromatic carbocycles. The van der Waals surface area contributed by atoms with E-state index in [1.807, 2.05) is 66.7 Å². The topological polar surface area (TPSA) is 77.6 Å². The molecule has 0 radical (unpaired) electrons. The van der Waals surface area contributed by atoms with Crippen LogP contribution in [0.1, 0.15) is 29.9 Å². The molecule has 4 rings (SSSR count). The second-order valence-electron chi connectivity index (χ2n) is 6.57. The minimum Gasteiger partial charge on any atom is -0.319 e. The van der Waals surface area contributed by atoms with Crippen molar-refractivity contribution in [1.82, 2.24) is 24.5 Å². The monoisotopic (exact) mass is 374 g/mol. The molecular weight excluding hydrogens is 352 g/mol. The molecule has 142 valence electrons. The third-order valence-corrected chi connectivity index (χ3v) is 4.86. The first-order chi connectivity index (χ1) is 13.6. The van der Waals surface area contributed by atoms with Crippen molar-refractivity contribution in [3.63, 3.8) is 0 Å². The molecule has 28 heavy (non-hydrogen) atoms. The lowest BCUT2D eigenvalue weighted by molar-refractivity contribution is 0.102. The minimum atomic E-state index is -0.179. The fourth-order valence-electron chi connectivity index (χ4n) is 3.26. The molecule has 0 atom stereocenters. The highest BCUT2D eigenvalue weighted by molar-refractivity contribution is 6.13. The number of hydrogen-bond acceptors (Lipinski definition) is 4. The predicted molar refractivity (Wildman–Crippen MR) is 109 cm³/mol. The maximum atomic E-state index is 13.1. The molecule has 1 N–H and O–H groups in total. The van der Waals surface area contributed by atoms with Gasteiger partial charge in [-0.25, -0.2) is 4.98 Å². The number of benzene rings is 1. The molecule has 0 aliphatic carbocycles. The molecule has 0 unspecified atom stereocenters. The number of aryl methyl sites for hydroxylation is 2. The molecule has 0 spiro atoms. The third kappa shape index (κ3) is 3.15. The van der Waals surface area contributed by atoms with Crippen molar-refractivity contribution >= 4 is 22.5 Å². The van der Waals surface area contributed by atoms with Crippen LogP contribution in [0.3, 0.4) is 0 Å². The quantitative estimate of drug-likeness (QED) is 0.575. The normalized spacial score (nSPS) is 11.1. The highest BCUT2D eigenvalue weighted by Gasteiger charge is 2.16. The summed E-state index contributed by atoms with van der Waals surface area (Å²) in [7, 11) is 0. The van der Waals surface area contributed by atoms with Gasteiger partial charge in [0.15, 0.2) is 0 Å². The Morgan fingerprint density at radius 2 is 1.93 bits per heavy atom. The van der Waals surface area contributed by atoms with Crippen molar-refractivity contribution in [1.29, 1.82) is 0 Å². The first-order valence-corrected chi connectivity index (χ1v) is 9.37. The molecule has 0 saturated heterocycles.